The summed E-state index contributed by atoms with van der Waals surface area (Å²) in [6.07, 6.45) is 4.66. The summed E-state index contributed by atoms with van der Waals surface area (Å²) in [6.45, 7) is 3.27. The van der Waals surface area contributed by atoms with E-state index in [1.807, 2.05) is 47.7 Å². The SMILES string of the molecule is COc1cc(C(=O)N2C[C@H](N)[C@@H]3CC[C@H]2C3)cc2nc(-c3cc4ccc([C@@H](C)NC(=O)C5C[C@H]5F)nc4n3CC3CC3)n(C)c12. The number of nitrogens with two attached hydrogens (primary N) is 1. The van der Waals surface area contributed by atoms with Crippen LogP contribution in [0.25, 0.3) is 33.6 Å². The molecule has 3 aliphatic carbocycles. The first kappa shape index (κ1) is 28.5. The number of fused-ring (bicyclic) bond motifs is 4. The smallest absolute Gasteiger partial charge is 0.254 e. The van der Waals surface area contributed by atoms with Crippen LogP contribution in [0.3, 0.4) is 0 Å². The van der Waals surface area contributed by atoms with E-state index in [1.165, 1.54) is 12.8 Å². The number of nitrogens with one attached hydrogen (secondary N) is 1. The van der Waals surface area contributed by atoms with Crippen LogP contribution in [0.1, 0.15) is 67.5 Å². The van der Waals surface area contributed by atoms with Crippen LogP contribution in [0.2, 0.25) is 0 Å². The van der Waals surface area contributed by atoms with Gasteiger partial charge in [0, 0.05) is 43.2 Å². The number of benzene rings is 1. The number of amides is 2. The lowest BCUT2D eigenvalue weighted by molar-refractivity contribution is -0.123. The Balaban J connectivity index is 1.17. The Kier molecular flexibility index (Phi) is 6.67. The van der Waals surface area contributed by atoms with Crippen LogP contribution in [-0.2, 0) is 18.4 Å². The maximum absolute atomic E-state index is 13.8. The fourth-order valence-electron chi connectivity index (χ4n) is 7.56. The van der Waals surface area contributed by atoms with Crippen molar-refractivity contribution in [3.63, 3.8) is 0 Å². The molecule has 45 heavy (non-hydrogen) atoms. The number of alkyl halides is 1. The van der Waals surface area contributed by atoms with Crippen LogP contribution < -0.4 is 15.8 Å². The predicted molar refractivity (Wildman–Crippen MR) is 168 cm³/mol. The average Bonchev–Trinajstić information content (AvgIpc) is 3.88. The number of nitrogens with zero attached hydrogens (tertiary/aromatic N) is 5. The quantitative estimate of drug-likeness (QED) is 0.302. The first-order valence-electron chi connectivity index (χ1n) is 16.3. The third-order valence-corrected chi connectivity index (χ3v) is 10.5. The van der Waals surface area contributed by atoms with Gasteiger partial charge in [-0.15, -0.1) is 0 Å². The Morgan fingerprint density at radius 2 is 1.93 bits per heavy atom. The molecule has 2 amide bonds. The molecule has 1 aliphatic heterocycles. The lowest BCUT2D eigenvalue weighted by Gasteiger charge is -2.37. The normalized spacial score (nSPS) is 26.4. The van der Waals surface area contributed by atoms with E-state index < -0.39 is 12.1 Å². The summed E-state index contributed by atoms with van der Waals surface area (Å²) >= 11 is 0. The third-order valence-electron chi connectivity index (χ3n) is 10.5. The molecule has 4 fully saturated rings. The first-order chi connectivity index (χ1) is 21.7. The lowest BCUT2D eigenvalue weighted by Crippen LogP contribution is -2.51. The minimum Gasteiger partial charge on any atom is -0.494 e. The van der Waals surface area contributed by atoms with Gasteiger partial charge in [0.2, 0.25) is 5.91 Å². The monoisotopic (exact) mass is 613 g/mol. The summed E-state index contributed by atoms with van der Waals surface area (Å²) in [6, 6.07) is 9.69. The second-order valence-corrected chi connectivity index (χ2v) is 13.7. The van der Waals surface area contributed by atoms with E-state index in [-0.39, 0.29) is 29.9 Å². The largest absolute Gasteiger partial charge is 0.494 e. The Bertz CT molecular complexity index is 1840. The Morgan fingerprint density at radius 3 is 2.67 bits per heavy atom. The minimum atomic E-state index is -1.04. The fourth-order valence-corrected chi connectivity index (χ4v) is 7.56. The van der Waals surface area contributed by atoms with Gasteiger partial charge >= 0.3 is 0 Å². The second-order valence-electron chi connectivity index (χ2n) is 13.7. The molecule has 8 rings (SSSR count). The molecule has 0 spiro atoms. The lowest BCUT2D eigenvalue weighted by atomic mass is 9.94. The van der Waals surface area contributed by atoms with Crippen molar-refractivity contribution in [2.45, 2.75) is 76.3 Å². The highest BCUT2D eigenvalue weighted by molar-refractivity contribution is 6.00. The van der Waals surface area contributed by atoms with Gasteiger partial charge in [-0.2, -0.15) is 0 Å². The van der Waals surface area contributed by atoms with Crippen LogP contribution in [0.4, 0.5) is 4.39 Å². The number of piperidine rings is 1. The van der Waals surface area contributed by atoms with Crippen molar-refractivity contribution >= 4 is 33.9 Å². The van der Waals surface area contributed by atoms with Crippen molar-refractivity contribution in [2.24, 2.45) is 30.5 Å². The number of hydrogen-bond acceptors (Lipinski definition) is 6. The third kappa shape index (κ3) is 4.86. The van der Waals surface area contributed by atoms with Gasteiger partial charge in [0.1, 0.15) is 23.1 Å². The van der Waals surface area contributed by atoms with E-state index in [0.717, 1.165) is 59.6 Å². The Hall–Kier alpha value is -3.99. The second kappa shape index (κ2) is 10.5. The summed E-state index contributed by atoms with van der Waals surface area (Å²) in [7, 11) is 3.60. The molecular weight excluding hydrogens is 573 g/mol. The summed E-state index contributed by atoms with van der Waals surface area (Å²) in [4.78, 5) is 38.3. The van der Waals surface area contributed by atoms with Crippen LogP contribution in [0.15, 0.2) is 30.3 Å². The molecule has 236 valence electrons. The van der Waals surface area contributed by atoms with Gasteiger partial charge in [-0.3, -0.25) is 9.59 Å². The highest BCUT2D eigenvalue weighted by atomic mass is 19.1. The van der Waals surface area contributed by atoms with E-state index >= 15 is 0 Å². The number of likely N-dealkylation sites (tertiary alicyclic amines) is 1. The van der Waals surface area contributed by atoms with Crippen LogP contribution in [-0.4, -0.2) is 67.7 Å². The maximum Gasteiger partial charge on any atom is 0.254 e. The van der Waals surface area contributed by atoms with Crippen molar-refractivity contribution < 1.29 is 18.7 Å². The zero-order chi connectivity index (χ0) is 31.1. The number of ether oxygens (including phenoxy) is 1. The van der Waals surface area contributed by atoms with Crippen LogP contribution >= 0.6 is 0 Å². The number of aromatic nitrogens is 4. The standard InChI is InChI=1S/C34H40FN7O3/c1-17(37-33(43)23-14-24(23)35)26-9-7-20-12-28(42(31(20)38-26)15-18-4-5-18)32-39-27-11-21(13-29(45-3)30(27)40(32)2)34(44)41-16-25(36)19-6-8-22(41)10-19/h7,9,11-13,17-19,22-25H,4-6,8,10,14-16,36H2,1-3H3,(H,37,43)/t17-,19-,22+,23?,24-,25+/m1/s1. The fraction of sp³-hybridized carbons (Fsp3) is 0.529. The van der Waals surface area contributed by atoms with Crippen molar-refractivity contribution in [2.75, 3.05) is 13.7 Å². The molecule has 4 aromatic rings. The minimum absolute atomic E-state index is 0.0160. The van der Waals surface area contributed by atoms with Crippen molar-refractivity contribution in [1.82, 2.24) is 29.3 Å². The van der Waals surface area contributed by atoms with Crippen molar-refractivity contribution in [3.8, 4) is 17.3 Å². The molecule has 1 saturated heterocycles. The zero-order valence-electron chi connectivity index (χ0n) is 26.0. The number of carbonyl (C=O) groups is 2. The molecule has 1 aromatic carbocycles. The zero-order valence-corrected chi connectivity index (χ0v) is 26.0. The topological polar surface area (TPSA) is 120 Å². The number of pyridine rings is 1. The highest BCUT2D eigenvalue weighted by Gasteiger charge is 2.44. The number of aryl methyl sites for hydroxylation is 1. The van der Waals surface area contributed by atoms with Gasteiger partial charge in [0.15, 0.2) is 5.82 Å². The number of methoxy groups -OCH3 is 1. The number of hydrogen-bond donors (Lipinski definition) is 2. The first-order valence-corrected chi connectivity index (χ1v) is 16.3. The average molecular weight is 614 g/mol. The molecule has 0 radical (unpaired) electrons. The molecule has 2 bridgehead atoms. The highest BCUT2D eigenvalue weighted by Crippen LogP contribution is 2.40. The maximum atomic E-state index is 13.8. The molecule has 4 heterocycles. The number of imidazole rings is 1. The van der Waals surface area contributed by atoms with Gasteiger partial charge in [-0.25, -0.2) is 14.4 Å². The Labute approximate surface area is 261 Å². The van der Waals surface area contributed by atoms with Crippen LogP contribution in [0, 0.1) is 17.8 Å². The molecule has 10 nitrogen and oxygen atoms in total. The van der Waals surface area contributed by atoms with E-state index in [4.69, 9.17) is 20.4 Å². The van der Waals surface area contributed by atoms with Crippen LogP contribution in [0.5, 0.6) is 5.75 Å². The van der Waals surface area contributed by atoms with Crippen molar-refractivity contribution in [1.29, 1.82) is 0 Å². The molecule has 11 heteroatoms. The summed E-state index contributed by atoms with van der Waals surface area (Å²) in [5.74, 6) is 1.62. The molecule has 3 saturated carbocycles. The van der Waals surface area contributed by atoms with Gasteiger partial charge in [-0.05, 0) is 87.6 Å². The predicted octanol–water partition coefficient (Wildman–Crippen LogP) is 4.50. The molecule has 3 aromatic heterocycles. The number of halogens is 1. The number of carbonyl (C=O) groups excluding carboxylic acids is 2. The van der Waals surface area contributed by atoms with E-state index in [1.54, 1.807) is 7.11 Å². The molecule has 6 atom stereocenters. The summed E-state index contributed by atoms with van der Waals surface area (Å²) in [5.41, 5.74) is 11.0. The molecular formula is C34H40FN7O3. The molecule has 4 aliphatic rings. The molecule has 1 unspecified atom stereocenters. The van der Waals surface area contributed by atoms with Crippen molar-refractivity contribution in [3.05, 3.63) is 41.6 Å². The molecule has 3 N–H and O–H groups in total. The van der Waals surface area contributed by atoms with Gasteiger partial charge in [-0.1, -0.05) is 0 Å². The summed E-state index contributed by atoms with van der Waals surface area (Å²) in [5, 5.41) is 3.91. The van der Waals surface area contributed by atoms with Gasteiger partial charge in [0.25, 0.3) is 5.91 Å². The Morgan fingerprint density at radius 1 is 1.13 bits per heavy atom. The van der Waals surface area contributed by atoms with E-state index in [2.05, 4.69) is 16.0 Å². The number of rotatable bonds is 8. The van der Waals surface area contributed by atoms with Gasteiger partial charge in [0.05, 0.1) is 36.0 Å². The summed E-state index contributed by atoms with van der Waals surface area (Å²) < 4.78 is 23.6. The van der Waals surface area contributed by atoms with E-state index in [0.29, 0.717) is 41.6 Å². The van der Waals surface area contributed by atoms with Gasteiger partial charge < -0.3 is 29.8 Å². The van der Waals surface area contributed by atoms with E-state index in [9.17, 15) is 14.0 Å².